The predicted octanol–water partition coefficient (Wildman–Crippen LogP) is 3.70. The first-order chi connectivity index (χ1) is 12.1. The van der Waals surface area contributed by atoms with Crippen molar-refractivity contribution in [2.45, 2.75) is 13.0 Å². The number of rotatable bonds is 3. The average Bonchev–Trinajstić information content (AvgIpc) is 3.00. The highest BCUT2D eigenvalue weighted by atomic mass is 32.1. The van der Waals surface area contributed by atoms with Crippen molar-refractivity contribution in [1.82, 2.24) is 9.55 Å². The molecule has 0 spiro atoms. The van der Waals surface area contributed by atoms with Gasteiger partial charge in [0, 0.05) is 4.88 Å². The van der Waals surface area contributed by atoms with E-state index in [0.29, 0.717) is 10.2 Å². The maximum atomic E-state index is 13.1. The van der Waals surface area contributed by atoms with Gasteiger partial charge in [-0.3, -0.25) is 9.78 Å². The molecule has 5 heteroatoms. The van der Waals surface area contributed by atoms with E-state index in [2.05, 4.69) is 4.98 Å². The molecule has 0 saturated heterocycles. The Labute approximate surface area is 148 Å². The van der Waals surface area contributed by atoms with Crippen molar-refractivity contribution in [3.63, 3.8) is 0 Å². The van der Waals surface area contributed by atoms with Crippen LogP contribution in [0.2, 0.25) is 0 Å². The average molecular weight is 348 g/mol. The molecule has 4 aromatic rings. The van der Waals surface area contributed by atoms with Gasteiger partial charge in [0.2, 0.25) is 0 Å². The quantitative estimate of drug-likeness (QED) is 0.614. The third-order valence-corrected chi connectivity index (χ3v) is 5.20. The normalized spacial score (nSPS) is 11.3. The largest absolute Gasteiger partial charge is 0.330 e. The van der Waals surface area contributed by atoms with Crippen molar-refractivity contribution < 1.29 is 0 Å². The monoisotopic (exact) mass is 348 g/mol. The number of thiophene rings is 1. The summed E-state index contributed by atoms with van der Waals surface area (Å²) in [5.74, 6) is 0. The van der Waals surface area contributed by atoms with Gasteiger partial charge in [-0.25, -0.2) is 9.36 Å². The van der Waals surface area contributed by atoms with Crippen LogP contribution >= 0.6 is 11.3 Å². The van der Waals surface area contributed by atoms with Crippen LogP contribution in [0.1, 0.15) is 22.0 Å². The van der Waals surface area contributed by atoms with E-state index in [1.54, 1.807) is 0 Å². The van der Waals surface area contributed by atoms with Gasteiger partial charge in [0.15, 0.2) is 0 Å². The first-order valence-corrected chi connectivity index (χ1v) is 8.81. The van der Waals surface area contributed by atoms with E-state index in [9.17, 15) is 9.59 Å². The Morgan fingerprint density at radius 1 is 0.920 bits per heavy atom. The smallest absolute Gasteiger partial charge is 0.298 e. The minimum atomic E-state index is -0.469. The number of hydrogen-bond donors (Lipinski definition) is 1. The van der Waals surface area contributed by atoms with E-state index >= 15 is 0 Å². The summed E-state index contributed by atoms with van der Waals surface area (Å²) in [6.07, 6.45) is 0. The zero-order valence-electron chi connectivity index (χ0n) is 13.6. The molecule has 0 fully saturated rings. The van der Waals surface area contributed by atoms with Crippen LogP contribution in [0.15, 0.2) is 76.3 Å². The third-order valence-electron chi connectivity index (χ3n) is 4.23. The summed E-state index contributed by atoms with van der Waals surface area (Å²) in [5.41, 5.74) is 1.14. The molecule has 25 heavy (non-hydrogen) atoms. The summed E-state index contributed by atoms with van der Waals surface area (Å²) < 4.78 is 1.32. The fourth-order valence-corrected chi connectivity index (χ4v) is 4.03. The number of aryl methyl sites for hydroxylation is 1. The second kappa shape index (κ2) is 6.18. The fourth-order valence-electron chi connectivity index (χ4n) is 3.14. The Hall–Kier alpha value is -2.92. The molecular weight excluding hydrogens is 332 g/mol. The first kappa shape index (κ1) is 15.6. The number of nitrogens with one attached hydrogen (secondary N) is 1. The topological polar surface area (TPSA) is 54.9 Å². The van der Waals surface area contributed by atoms with Gasteiger partial charge in [0.05, 0.1) is 11.4 Å². The molecule has 4 rings (SSSR count). The summed E-state index contributed by atoms with van der Waals surface area (Å²) in [4.78, 5) is 30.4. The van der Waals surface area contributed by atoms with Crippen molar-refractivity contribution in [2.75, 3.05) is 0 Å². The molecule has 0 saturated carbocycles. The minimum absolute atomic E-state index is 0.263. The van der Waals surface area contributed by atoms with E-state index in [1.165, 1.54) is 15.9 Å². The highest BCUT2D eigenvalue weighted by Gasteiger charge is 2.21. The van der Waals surface area contributed by atoms with Crippen molar-refractivity contribution in [3.8, 4) is 0 Å². The summed E-state index contributed by atoms with van der Waals surface area (Å²) in [6.45, 7) is 1.93. The molecule has 0 amide bonds. The molecule has 124 valence electrons. The first-order valence-electron chi connectivity index (χ1n) is 8.00. The number of aromatic amines is 1. The molecular formula is C20H16N2O2S. The molecule has 1 N–H and O–H groups in total. The zero-order chi connectivity index (χ0) is 17.4. The number of aromatic nitrogens is 2. The van der Waals surface area contributed by atoms with Gasteiger partial charge < -0.3 is 0 Å². The predicted molar refractivity (Wildman–Crippen MR) is 102 cm³/mol. The number of hydrogen-bond acceptors (Lipinski definition) is 3. The maximum absolute atomic E-state index is 13.1. The lowest BCUT2D eigenvalue weighted by Gasteiger charge is -2.20. The fraction of sp³-hybridized carbons (Fsp3) is 0.100. The van der Waals surface area contributed by atoms with Gasteiger partial charge in [-0.05, 0) is 24.1 Å². The highest BCUT2D eigenvalue weighted by molar-refractivity contribution is 7.18. The third kappa shape index (κ3) is 2.72. The Bertz CT molecular complexity index is 1100. The lowest BCUT2D eigenvalue weighted by Crippen LogP contribution is -2.38. The molecule has 4 nitrogen and oxygen atoms in total. The maximum Gasteiger partial charge on any atom is 0.330 e. The zero-order valence-corrected chi connectivity index (χ0v) is 14.4. The van der Waals surface area contributed by atoms with Crippen LogP contribution in [0.25, 0.3) is 10.2 Å². The van der Waals surface area contributed by atoms with Gasteiger partial charge >= 0.3 is 5.69 Å². The molecule has 0 unspecified atom stereocenters. The van der Waals surface area contributed by atoms with E-state index in [0.717, 1.165) is 16.0 Å². The molecule has 0 radical (unpaired) electrons. The van der Waals surface area contributed by atoms with Gasteiger partial charge in [0.1, 0.15) is 4.83 Å². The number of fused-ring (bicyclic) bond motifs is 1. The SMILES string of the molecule is Cc1cc2c(=O)n(C(c3ccccc3)c3ccccc3)c(=O)[nH]c2s1. The lowest BCUT2D eigenvalue weighted by molar-refractivity contribution is 0.618. The highest BCUT2D eigenvalue weighted by Crippen LogP contribution is 2.25. The lowest BCUT2D eigenvalue weighted by atomic mass is 9.98. The van der Waals surface area contributed by atoms with Gasteiger partial charge in [-0.1, -0.05) is 60.7 Å². The number of nitrogens with zero attached hydrogens (tertiary/aromatic N) is 1. The van der Waals surface area contributed by atoms with Crippen LogP contribution in [0.5, 0.6) is 0 Å². The van der Waals surface area contributed by atoms with Crippen molar-refractivity contribution in [3.05, 3.63) is 104 Å². The Morgan fingerprint density at radius 2 is 1.48 bits per heavy atom. The molecule has 0 aliphatic heterocycles. The second-order valence-electron chi connectivity index (χ2n) is 5.93. The van der Waals surface area contributed by atoms with Crippen LogP contribution in [-0.4, -0.2) is 9.55 Å². The van der Waals surface area contributed by atoms with Gasteiger partial charge in [-0.2, -0.15) is 0 Å². The molecule has 0 bridgehead atoms. The number of benzene rings is 2. The van der Waals surface area contributed by atoms with Crippen molar-refractivity contribution >= 4 is 21.6 Å². The summed E-state index contributed by atoms with van der Waals surface area (Å²) in [6, 6.07) is 20.6. The van der Waals surface area contributed by atoms with E-state index in [4.69, 9.17) is 0 Å². The standard InChI is InChI=1S/C20H16N2O2S/c1-13-12-16-18(25-13)21-20(24)22(19(16)23)17(14-8-4-2-5-9-14)15-10-6-3-7-11-15/h2-12,17H,1H3,(H,21,24). The van der Waals surface area contributed by atoms with Gasteiger partial charge in [0.25, 0.3) is 5.56 Å². The summed E-state index contributed by atoms with van der Waals surface area (Å²) in [5, 5.41) is 0.555. The van der Waals surface area contributed by atoms with E-state index in [-0.39, 0.29) is 5.56 Å². The second-order valence-corrected chi connectivity index (χ2v) is 7.19. The molecule has 0 aliphatic carbocycles. The Morgan fingerprint density at radius 3 is 2.04 bits per heavy atom. The summed E-state index contributed by atoms with van der Waals surface area (Å²) >= 11 is 1.42. The van der Waals surface area contributed by atoms with Crippen LogP contribution in [0.4, 0.5) is 0 Å². The van der Waals surface area contributed by atoms with Crippen LogP contribution in [0, 0.1) is 6.92 Å². The molecule has 0 atom stereocenters. The Kier molecular flexibility index (Phi) is 3.86. The van der Waals surface area contributed by atoms with Crippen molar-refractivity contribution in [1.29, 1.82) is 0 Å². The molecule has 0 aliphatic rings. The Balaban J connectivity index is 2.05. The van der Waals surface area contributed by atoms with Gasteiger partial charge in [-0.15, -0.1) is 11.3 Å². The van der Waals surface area contributed by atoms with Crippen LogP contribution in [-0.2, 0) is 0 Å². The van der Waals surface area contributed by atoms with Crippen molar-refractivity contribution in [2.24, 2.45) is 0 Å². The van der Waals surface area contributed by atoms with Crippen LogP contribution in [0.3, 0.4) is 0 Å². The molecule has 2 aromatic carbocycles. The number of H-pyrrole nitrogens is 1. The minimum Gasteiger partial charge on any atom is -0.298 e. The van der Waals surface area contributed by atoms with E-state index in [1.807, 2.05) is 73.7 Å². The molecule has 2 aromatic heterocycles. The molecule has 2 heterocycles. The summed E-state index contributed by atoms with van der Waals surface area (Å²) in [7, 11) is 0. The van der Waals surface area contributed by atoms with E-state index < -0.39 is 11.7 Å². The van der Waals surface area contributed by atoms with Crippen LogP contribution < -0.4 is 11.2 Å².